The highest BCUT2D eigenvalue weighted by molar-refractivity contribution is 7.99. The second kappa shape index (κ2) is 11.5. The normalized spacial score (nSPS) is 15.8. The Morgan fingerprint density at radius 1 is 1.28 bits per heavy atom. The van der Waals surface area contributed by atoms with E-state index >= 15 is 0 Å². The highest BCUT2D eigenvalue weighted by Gasteiger charge is 2.27. The summed E-state index contributed by atoms with van der Waals surface area (Å²) in [6.07, 6.45) is 3.43. The van der Waals surface area contributed by atoms with Gasteiger partial charge in [-0.2, -0.15) is 0 Å². The molecule has 1 aliphatic rings. The summed E-state index contributed by atoms with van der Waals surface area (Å²) in [5.74, 6) is 1.49. The summed E-state index contributed by atoms with van der Waals surface area (Å²) in [4.78, 5) is 26.1. The molecule has 2 heterocycles. The van der Waals surface area contributed by atoms with Crippen LogP contribution in [0.2, 0.25) is 0 Å². The molecule has 0 fully saturated rings. The number of benzene rings is 1. The summed E-state index contributed by atoms with van der Waals surface area (Å²) in [6, 6.07) is 8.04. The van der Waals surface area contributed by atoms with Crippen molar-refractivity contribution in [2.45, 2.75) is 71.2 Å². The number of nitrogens with zero attached hydrogens (tertiary/aromatic N) is 3. The zero-order chi connectivity index (χ0) is 25.8. The average molecular weight is 528 g/mol. The molecule has 0 saturated carbocycles. The van der Waals surface area contributed by atoms with E-state index in [1.807, 2.05) is 30.5 Å². The Kier molecular flexibility index (Phi) is 8.35. The number of thioether (sulfide) groups is 1. The van der Waals surface area contributed by atoms with Crippen LogP contribution in [0.15, 0.2) is 29.4 Å². The first kappa shape index (κ1) is 26.2. The van der Waals surface area contributed by atoms with E-state index in [4.69, 9.17) is 10.5 Å². The number of primary amides is 1. The van der Waals surface area contributed by atoms with Crippen LogP contribution in [-0.4, -0.2) is 32.3 Å². The van der Waals surface area contributed by atoms with Gasteiger partial charge in [0.2, 0.25) is 5.91 Å². The fourth-order valence-electron chi connectivity index (χ4n) is 4.46. The summed E-state index contributed by atoms with van der Waals surface area (Å²) < 4.78 is 8.05. The highest BCUT2D eigenvalue weighted by atomic mass is 32.2. The van der Waals surface area contributed by atoms with E-state index in [0.29, 0.717) is 34.0 Å². The fourth-order valence-corrected chi connectivity index (χ4v) is 6.70. The number of nitrogens with two attached hydrogens (primary N) is 1. The Balaban J connectivity index is 1.41. The van der Waals surface area contributed by atoms with Crippen molar-refractivity contribution in [2.24, 2.45) is 11.7 Å². The van der Waals surface area contributed by atoms with E-state index < -0.39 is 5.91 Å². The van der Waals surface area contributed by atoms with Gasteiger partial charge in [0.1, 0.15) is 10.8 Å². The molecule has 0 bridgehead atoms. The summed E-state index contributed by atoms with van der Waals surface area (Å²) >= 11 is 2.78. The fraction of sp³-hybridized carbons (Fsp3) is 0.462. The Morgan fingerprint density at radius 2 is 2.03 bits per heavy atom. The third-order valence-electron chi connectivity index (χ3n) is 6.41. The first-order valence-corrected chi connectivity index (χ1v) is 14.2. The van der Waals surface area contributed by atoms with Crippen LogP contribution in [0, 0.1) is 5.92 Å². The lowest BCUT2D eigenvalue weighted by Crippen LogP contribution is -2.20. The number of amides is 2. The van der Waals surface area contributed by atoms with Gasteiger partial charge in [0.15, 0.2) is 17.1 Å². The molecule has 36 heavy (non-hydrogen) atoms. The van der Waals surface area contributed by atoms with Crippen LogP contribution >= 0.6 is 23.1 Å². The zero-order valence-electron chi connectivity index (χ0n) is 21.2. The van der Waals surface area contributed by atoms with Gasteiger partial charge in [0.05, 0.1) is 11.3 Å². The van der Waals surface area contributed by atoms with Crippen LogP contribution in [0.5, 0.6) is 5.75 Å². The number of thiophene rings is 1. The zero-order valence-corrected chi connectivity index (χ0v) is 22.8. The number of nitrogens with one attached hydrogen (secondary N) is 1. The molecule has 0 saturated heterocycles. The number of rotatable bonds is 10. The smallest absolute Gasteiger partial charge is 0.251 e. The maximum absolute atomic E-state index is 12.8. The van der Waals surface area contributed by atoms with Crippen molar-refractivity contribution in [2.75, 3.05) is 11.1 Å². The molecule has 1 aliphatic carbocycles. The standard InChI is InChI=1S/C26H33N5O3S2/c1-5-17-8-10-18(11-9-17)34-16(4)24-29-30-26(31(24)6-2)35-14-21(32)28-25-22(23(27)33)19-12-7-15(3)13-20(19)36-25/h8-11,15-16H,5-7,12-14H2,1-4H3,(H2,27,33)(H,28,32). The van der Waals surface area contributed by atoms with Crippen LogP contribution in [0.25, 0.3) is 0 Å². The van der Waals surface area contributed by atoms with Gasteiger partial charge < -0.3 is 20.4 Å². The number of fused-ring (bicyclic) bond motifs is 1. The monoisotopic (exact) mass is 527 g/mol. The molecule has 1 aromatic carbocycles. The molecule has 2 aromatic heterocycles. The second-order valence-electron chi connectivity index (χ2n) is 9.10. The van der Waals surface area contributed by atoms with Crippen LogP contribution in [0.4, 0.5) is 5.00 Å². The number of carbonyl (C=O) groups is 2. The third-order valence-corrected chi connectivity index (χ3v) is 8.55. The maximum Gasteiger partial charge on any atom is 0.251 e. The van der Waals surface area contributed by atoms with E-state index in [2.05, 4.69) is 41.5 Å². The Labute approximate surface area is 220 Å². The first-order valence-electron chi connectivity index (χ1n) is 12.4. The molecule has 0 aliphatic heterocycles. The molecule has 3 N–H and O–H groups in total. The van der Waals surface area contributed by atoms with Gasteiger partial charge in [0, 0.05) is 11.4 Å². The third kappa shape index (κ3) is 5.75. The maximum atomic E-state index is 12.8. The van der Waals surface area contributed by atoms with Crippen molar-refractivity contribution in [1.82, 2.24) is 14.8 Å². The van der Waals surface area contributed by atoms with Gasteiger partial charge in [-0.1, -0.05) is 37.7 Å². The Hall–Kier alpha value is -2.85. The van der Waals surface area contributed by atoms with Crippen molar-refractivity contribution in [3.05, 3.63) is 51.7 Å². The van der Waals surface area contributed by atoms with Crippen molar-refractivity contribution in [3.63, 3.8) is 0 Å². The summed E-state index contributed by atoms with van der Waals surface area (Å²) in [6.45, 7) is 8.92. The number of carbonyl (C=O) groups excluding carboxylic acids is 2. The average Bonchev–Trinajstić information content (AvgIpc) is 3.43. The lowest BCUT2D eigenvalue weighted by Gasteiger charge is -2.18. The summed E-state index contributed by atoms with van der Waals surface area (Å²) in [5.41, 5.74) is 8.40. The molecule has 3 aromatic rings. The quantitative estimate of drug-likeness (QED) is 0.358. The van der Waals surface area contributed by atoms with E-state index in [9.17, 15) is 9.59 Å². The first-order chi connectivity index (χ1) is 17.3. The van der Waals surface area contributed by atoms with E-state index in [1.54, 1.807) is 0 Å². The minimum atomic E-state index is -0.487. The number of ether oxygens (including phenoxy) is 1. The number of aromatic nitrogens is 3. The largest absolute Gasteiger partial charge is 0.483 e. The van der Waals surface area contributed by atoms with Gasteiger partial charge in [-0.15, -0.1) is 21.5 Å². The molecule has 2 unspecified atom stereocenters. The van der Waals surface area contributed by atoms with Crippen molar-refractivity contribution >= 4 is 39.9 Å². The van der Waals surface area contributed by atoms with Crippen LogP contribution < -0.4 is 15.8 Å². The van der Waals surface area contributed by atoms with Crippen LogP contribution in [0.1, 0.15) is 72.4 Å². The van der Waals surface area contributed by atoms with Gasteiger partial charge in [-0.25, -0.2) is 0 Å². The van der Waals surface area contributed by atoms with Gasteiger partial charge in [-0.3, -0.25) is 9.59 Å². The van der Waals surface area contributed by atoms with Crippen molar-refractivity contribution in [1.29, 1.82) is 0 Å². The molecule has 0 spiro atoms. The molecular weight excluding hydrogens is 494 g/mol. The van der Waals surface area contributed by atoms with E-state index in [-0.39, 0.29) is 17.8 Å². The van der Waals surface area contributed by atoms with Gasteiger partial charge >= 0.3 is 0 Å². The summed E-state index contributed by atoms with van der Waals surface area (Å²) in [7, 11) is 0. The molecular formula is C26H33N5O3S2. The van der Waals surface area contributed by atoms with E-state index in [1.165, 1.54) is 28.7 Å². The van der Waals surface area contributed by atoms with Crippen LogP contribution in [0.3, 0.4) is 0 Å². The number of anilines is 1. The molecule has 192 valence electrons. The number of hydrogen-bond donors (Lipinski definition) is 2. The molecule has 0 radical (unpaired) electrons. The summed E-state index contributed by atoms with van der Waals surface area (Å²) in [5, 5.41) is 12.8. The van der Waals surface area contributed by atoms with E-state index in [0.717, 1.165) is 41.9 Å². The Morgan fingerprint density at radius 3 is 2.69 bits per heavy atom. The molecule has 2 amide bonds. The topological polar surface area (TPSA) is 112 Å². The lowest BCUT2D eigenvalue weighted by molar-refractivity contribution is -0.113. The minimum absolute atomic E-state index is 0.142. The Bertz CT molecular complexity index is 1240. The van der Waals surface area contributed by atoms with Crippen LogP contribution in [-0.2, 0) is 30.6 Å². The SMILES string of the molecule is CCc1ccc(OC(C)c2nnc(SCC(=O)Nc3sc4c(c3C(N)=O)CCC(C)C4)n2CC)cc1. The van der Waals surface area contributed by atoms with Gasteiger partial charge in [-0.05, 0) is 68.7 Å². The second-order valence-corrected chi connectivity index (χ2v) is 11.1. The molecule has 4 rings (SSSR count). The highest BCUT2D eigenvalue weighted by Crippen LogP contribution is 2.39. The number of aryl methyl sites for hydroxylation is 1. The molecule has 8 nitrogen and oxygen atoms in total. The number of hydrogen-bond acceptors (Lipinski definition) is 7. The van der Waals surface area contributed by atoms with Crippen molar-refractivity contribution < 1.29 is 14.3 Å². The lowest BCUT2D eigenvalue weighted by atomic mass is 9.88. The molecule has 10 heteroatoms. The van der Waals surface area contributed by atoms with Crippen molar-refractivity contribution in [3.8, 4) is 5.75 Å². The predicted molar refractivity (Wildman–Crippen MR) is 144 cm³/mol. The molecule has 2 atom stereocenters. The minimum Gasteiger partial charge on any atom is -0.483 e. The van der Waals surface area contributed by atoms with Gasteiger partial charge in [0.25, 0.3) is 5.91 Å². The predicted octanol–water partition coefficient (Wildman–Crippen LogP) is 5.02.